The Kier molecular flexibility index (Phi) is 5.49. The molecule has 0 aliphatic heterocycles. The van der Waals surface area contributed by atoms with Gasteiger partial charge in [0, 0.05) is 18.7 Å². The van der Waals surface area contributed by atoms with Crippen molar-refractivity contribution in [2.24, 2.45) is 0 Å². The third kappa shape index (κ3) is 3.65. The number of rotatable bonds is 6. The lowest BCUT2D eigenvalue weighted by molar-refractivity contribution is 0.0963. The summed E-state index contributed by atoms with van der Waals surface area (Å²) in [5, 5.41) is 6.01. The Morgan fingerprint density at radius 3 is 2.61 bits per heavy atom. The fraction of sp³-hybridized carbons (Fsp3) is 0.500. The van der Waals surface area contributed by atoms with Gasteiger partial charge in [-0.25, -0.2) is 0 Å². The van der Waals surface area contributed by atoms with Crippen molar-refractivity contribution in [3.8, 4) is 0 Å². The molecule has 0 radical (unpaired) electrons. The number of benzene rings is 1. The first-order chi connectivity index (χ1) is 8.62. The minimum Gasteiger partial charge on any atom is -0.397 e. The molecule has 4 nitrogen and oxygen atoms in total. The third-order valence-corrected chi connectivity index (χ3v) is 3.03. The van der Waals surface area contributed by atoms with E-state index in [2.05, 4.69) is 24.5 Å². The van der Waals surface area contributed by atoms with Crippen LogP contribution in [0.3, 0.4) is 0 Å². The number of carbonyl (C=O) groups excluding carboxylic acids is 1. The van der Waals surface area contributed by atoms with Crippen LogP contribution in [-0.4, -0.2) is 19.0 Å². The van der Waals surface area contributed by atoms with Gasteiger partial charge in [-0.1, -0.05) is 20.3 Å². The number of hydrogen-bond acceptors (Lipinski definition) is 3. The molecular weight excluding hydrogens is 226 g/mol. The van der Waals surface area contributed by atoms with Crippen LogP contribution >= 0.6 is 0 Å². The van der Waals surface area contributed by atoms with Crippen LogP contribution < -0.4 is 16.4 Å². The second kappa shape index (κ2) is 6.89. The molecule has 18 heavy (non-hydrogen) atoms. The summed E-state index contributed by atoms with van der Waals surface area (Å²) in [5.74, 6) is -0.117. The summed E-state index contributed by atoms with van der Waals surface area (Å²) in [6.45, 7) is 4.32. The summed E-state index contributed by atoms with van der Waals surface area (Å²) in [4.78, 5) is 11.5. The molecule has 0 bridgehead atoms. The molecule has 0 fully saturated rings. The molecule has 4 N–H and O–H groups in total. The van der Waals surface area contributed by atoms with Crippen LogP contribution in [0.2, 0.25) is 0 Å². The van der Waals surface area contributed by atoms with Gasteiger partial charge in [0.25, 0.3) is 5.91 Å². The fourth-order valence-electron chi connectivity index (χ4n) is 1.93. The molecule has 0 heterocycles. The van der Waals surface area contributed by atoms with Crippen LogP contribution in [0.1, 0.15) is 43.5 Å². The molecule has 0 saturated heterocycles. The molecule has 4 heteroatoms. The van der Waals surface area contributed by atoms with Gasteiger partial charge in [0.15, 0.2) is 0 Å². The van der Waals surface area contributed by atoms with Crippen LogP contribution in [0.15, 0.2) is 18.2 Å². The number of amides is 1. The Hall–Kier alpha value is -1.71. The van der Waals surface area contributed by atoms with E-state index in [1.165, 1.54) is 0 Å². The largest absolute Gasteiger partial charge is 0.397 e. The lowest BCUT2D eigenvalue weighted by Gasteiger charge is -2.19. The Morgan fingerprint density at radius 1 is 1.39 bits per heavy atom. The Labute approximate surface area is 109 Å². The summed E-state index contributed by atoms with van der Waals surface area (Å²) in [7, 11) is 1.61. The topological polar surface area (TPSA) is 67.2 Å². The maximum atomic E-state index is 11.5. The maximum Gasteiger partial charge on any atom is 0.251 e. The van der Waals surface area contributed by atoms with Gasteiger partial charge in [-0.15, -0.1) is 0 Å². The van der Waals surface area contributed by atoms with Gasteiger partial charge in [0.05, 0.1) is 11.4 Å². The van der Waals surface area contributed by atoms with Gasteiger partial charge in [0.1, 0.15) is 0 Å². The first-order valence-electron chi connectivity index (χ1n) is 6.50. The second-order valence-corrected chi connectivity index (χ2v) is 4.42. The molecule has 100 valence electrons. The van der Waals surface area contributed by atoms with Crippen LogP contribution in [0, 0.1) is 0 Å². The van der Waals surface area contributed by atoms with Crippen molar-refractivity contribution in [2.45, 2.75) is 39.2 Å². The third-order valence-electron chi connectivity index (χ3n) is 3.03. The molecule has 1 aromatic rings. The highest BCUT2D eigenvalue weighted by Crippen LogP contribution is 2.22. The number of nitrogen functional groups attached to an aromatic ring is 1. The molecule has 0 aliphatic rings. The summed E-state index contributed by atoms with van der Waals surface area (Å²) in [5.41, 5.74) is 8.08. The summed E-state index contributed by atoms with van der Waals surface area (Å²) in [6, 6.07) is 5.80. The predicted molar refractivity (Wildman–Crippen MR) is 76.9 cm³/mol. The van der Waals surface area contributed by atoms with Gasteiger partial charge < -0.3 is 16.4 Å². The molecule has 1 aromatic carbocycles. The highest BCUT2D eigenvalue weighted by molar-refractivity contribution is 5.95. The van der Waals surface area contributed by atoms with E-state index in [0.717, 1.165) is 24.9 Å². The zero-order chi connectivity index (χ0) is 13.5. The smallest absolute Gasteiger partial charge is 0.251 e. The summed E-state index contributed by atoms with van der Waals surface area (Å²) < 4.78 is 0. The normalized spacial score (nSPS) is 11.9. The van der Waals surface area contributed by atoms with E-state index in [4.69, 9.17) is 5.73 Å². The van der Waals surface area contributed by atoms with Crippen LogP contribution in [0.5, 0.6) is 0 Å². The molecule has 0 aromatic heterocycles. The maximum absolute atomic E-state index is 11.5. The lowest BCUT2D eigenvalue weighted by atomic mass is 10.1. The van der Waals surface area contributed by atoms with E-state index < -0.39 is 0 Å². The van der Waals surface area contributed by atoms with Crippen LogP contribution in [-0.2, 0) is 0 Å². The van der Waals surface area contributed by atoms with Crippen molar-refractivity contribution >= 4 is 17.3 Å². The van der Waals surface area contributed by atoms with Gasteiger partial charge >= 0.3 is 0 Å². The monoisotopic (exact) mass is 249 g/mol. The van der Waals surface area contributed by atoms with Crippen molar-refractivity contribution in [2.75, 3.05) is 18.1 Å². The lowest BCUT2D eigenvalue weighted by Crippen LogP contribution is -2.20. The zero-order valence-electron chi connectivity index (χ0n) is 11.4. The van der Waals surface area contributed by atoms with E-state index in [9.17, 15) is 4.79 Å². The van der Waals surface area contributed by atoms with Gasteiger partial charge in [-0.3, -0.25) is 4.79 Å². The second-order valence-electron chi connectivity index (χ2n) is 4.42. The Morgan fingerprint density at radius 2 is 2.11 bits per heavy atom. The van der Waals surface area contributed by atoms with Crippen LogP contribution in [0.25, 0.3) is 0 Å². The first-order valence-corrected chi connectivity index (χ1v) is 6.50. The molecule has 1 unspecified atom stereocenters. The van der Waals surface area contributed by atoms with E-state index in [1.807, 2.05) is 6.07 Å². The number of nitrogens with two attached hydrogens (primary N) is 1. The van der Waals surface area contributed by atoms with E-state index >= 15 is 0 Å². The zero-order valence-corrected chi connectivity index (χ0v) is 11.4. The van der Waals surface area contributed by atoms with E-state index in [1.54, 1.807) is 19.2 Å². The number of anilines is 2. The molecule has 0 saturated carbocycles. The van der Waals surface area contributed by atoms with Crippen LogP contribution in [0.4, 0.5) is 11.4 Å². The fourth-order valence-corrected chi connectivity index (χ4v) is 1.93. The van der Waals surface area contributed by atoms with E-state index in [-0.39, 0.29) is 5.91 Å². The highest BCUT2D eigenvalue weighted by Gasteiger charge is 2.09. The summed E-state index contributed by atoms with van der Waals surface area (Å²) >= 11 is 0. The Balaban J connectivity index is 2.82. The molecule has 0 aliphatic carbocycles. The van der Waals surface area contributed by atoms with Crippen molar-refractivity contribution in [1.29, 1.82) is 0 Å². The average molecular weight is 249 g/mol. The van der Waals surface area contributed by atoms with Crippen molar-refractivity contribution < 1.29 is 4.79 Å². The standard InChI is InChI=1S/C14H23N3O/c1-4-6-11(5-2)17-13-8-7-10(9-12(13)15)14(18)16-3/h7-9,11,17H,4-6,15H2,1-3H3,(H,16,18). The number of hydrogen-bond donors (Lipinski definition) is 3. The number of nitrogens with one attached hydrogen (secondary N) is 2. The SMILES string of the molecule is CCCC(CC)Nc1ccc(C(=O)NC)cc1N. The van der Waals surface area contributed by atoms with E-state index in [0.29, 0.717) is 17.3 Å². The van der Waals surface area contributed by atoms with Gasteiger partial charge in [-0.2, -0.15) is 0 Å². The molecule has 1 rings (SSSR count). The molecular formula is C14H23N3O. The first kappa shape index (κ1) is 14.4. The van der Waals surface area contributed by atoms with Gasteiger partial charge in [-0.05, 0) is 31.0 Å². The van der Waals surface area contributed by atoms with Gasteiger partial charge in [0.2, 0.25) is 0 Å². The predicted octanol–water partition coefficient (Wildman–Crippen LogP) is 2.62. The molecule has 1 atom stereocenters. The molecule has 0 spiro atoms. The van der Waals surface area contributed by atoms with Crippen molar-refractivity contribution in [3.05, 3.63) is 23.8 Å². The number of carbonyl (C=O) groups is 1. The average Bonchev–Trinajstić information content (AvgIpc) is 2.39. The molecule has 1 amide bonds. The van der Waals surface area contributed by atoms with Crippen molar-refractivity contribution in [1.82, 2.24) is 5.32 Å². The van der Waals surface area contributed by atoms with Crippen molar-refractivity contribution in [3.63, 3.8) is 0 Å². The quantitative estimate of drug-likeness (QED) is 0.679. The summed E-state index contributed by atoms with van der Waals surface area (Å²) in [6.07, 6.45) is 3.32. The minimum absolute atomic E-state index is 0.117. The minimum atomic E-state index is -0.117. The Bertz CT molecular complexity index is 404. The highest BCUT2D eigenvalue weighted by atomic mass is 16.1.